The lowest BCUT2D eigenvalue weighted by atomic mass is 9.90. The van der Waals surface area contributed by atoms with Gasteiger partial charge in [-0.2, -0.15) is 4.31 Å². The Morgan fingerprint density at radius 2 is 1.62 bits per heavy atom. The molecule has 24 heavy (non-hydrogen) atoms. The van der Waals surface area contributed by atoms with Crippen LogP contribution in [0.4, 0.5) is 0 Å². The molecule has 2 heterocycles. The number of hydrogen-bond acceptors (Lipinski definition) is 4. The van der Waals surface area contributed by atoms with Gasteiger partial charge in [0, 0.05) is 19.6 Å². The SMILES string of the molecule is CC(C)S(=O)(=O)N1C[C@@H]2CN(S(C)(=O)=O)[C@@H](c3ccccc3)[C@@H]2C1. The maximum atomic E-state index is 12.5. The van der Waals surface area contributed by atoms with Crippen LogP contribution in [0.3, 0.4) is 0 Å². The van der Waals surface area contributed by atoms with Crippen LogP contribution >= 0.6 is 0 Å². The molecule has 8 heteroatoms. The Morgan fingerprint density at radius 3 is 2.17 bits per heavy atom. The van der Waals surface area contributed by atoms with Crippen molar-refractivity contribution in [3.63, 3.8) is 0 Å². The van der Waals surface area contributed by atoms with Crippen LogP contribution in [0.25, 0.3) is 0 Å². The molecular formula is C16H24N2O4S2. The van der Waals surface area contributed by atoms with E-state index in [1.807, 2.05) is 30.3 Å². The van der Waals surface area contributed by atoms with Crippen molar-refractivity contribution in [2.24, 2.45) is 11.8 Å². The summed E-state index contributed by atoms with van der Waals surface area (Å²) in [7, 11) is -6.66. The average Bonchev–Trinajstić information content (AvgIpc) is 3.05. The first-order valence-corrected chi connectivity index (χ1v) is 11.5. The Kier molecular flexibility index (Phi) is 4.53. The van der Waals surface area contributed by atoms with Crippen LogP contribution < -0.4 is 0 Å². The number of hydrogen-bond donors (Lipinski definition) is 0. The number of benzene rings is 1. The fourth-order valence-electron chi connectivity index (χ4n) is 3.88. The Morgan fingerprint density at radius 1 is 1.00 bits per heavy atom. The van der Waals surface area contributed by atoms with Gasteiger partial charge in [0.25, 0.3) is 0 Å². The van der Waals surface area contributed by atoms with Crippen molar-refractivity contribution >= 4 is 20.0 Å². The van der Waals surface area contributed by atoms with Crippen molar-refractivity contribution < 1.29 is 16.8 Å². The molecule has 1 aromatic carbocycles. The second-order valence-electron chi connectivity index (χ2n) is 7.02. The Hall–Kier alpha value is -0.960. The van der Waals surface area contributed by atoms with E-state index in [0.717, 1.165) is 5.56 Å². The maximum Gasteiger partial charge on any atom is 0.216 e. The van der Waals surface area contributed by atoms with Crippen LogP contribution in [0.2, 0.25) is 0 Å². The highest BCUT2D eigenvalue weighted by molar-refractivity contribution is 7.89. The summed E-state index contributed by atoms with van der Waals surface area (Å²) in [6.07, 6.45) is 1.23. The van der Waals surface area contributed by atoms with Crippen molar-refractivity contribution in [3.05, 3.63) is 35.9 Å². The van der Waals surface area contributed by atoms with E-state index in [1.54, 1.807) is 18.2 Å². The minimum absolute atomic E-state index is 0.00403. The molecular weight excluding hydrogens is 348 g/mol. The molecule has 2 aliphatic heterocycles. The third-order valence-corrected chi connectivity index (χ3v) is 8.55. The zero-order valence-corrected chi connectivity index (χ0v) is 15.8. The summed E-state index contributed by atoms with van der Waals surface area (Å²) in [6, 6.07) is 9.22. The minimum atomic E-state index is -3.35. The largest absolute Gasteiger partial charge is 0.216 e. The Bertz CT molecular complexity index is 806. The second-order valence-corrected chi connectivity index (χ2v) is 11.4. The molecule has 0 radical (unpaired) electrons. The van der Waals surface area contributed by atoms with Crippen LogP contribution in [0.15, 0.2) is 30.3 Å². The maximum absolute atomic E-state index is 12.5. The van der Waals surface area contributed by atoms with Gasteiger partial charge in [-0.05, 0) is 31.2 Å². The zero-order valence-electron chi connectivity index (χ0n) is 14.2. The first kappa shape index (κ1) is 17.8. The fourth-order valence-corrected chi connectivity index (χ4v) is 6.40. The van der Waals surface area contributed by atoms with Crippen LogP contribution in [0.5, 0.6) is 0 Å². The summed E-state index contributed by atoms with van der Waals surface area (Å²) in [5, 5.41) is -0.461. The molecule has 2 saturated heterocycles. The molecule has 0 aliphatic carbocycles. The highest BCUT2D eigenvalue weighted by Crippen LogP contribution is 2.46. The van der Waals surface area contributed by atoms with E-state index in [-0.39, 0.29) is 17.9 Å². The third kappa shape index (κ3) is 3.00. The molecule has 1 aromatic rings. The Labute approximate surface area is 144 Å². The molecule has 6 nitrogen and oxygen atoms in total. The molecule has 134 valence electrons. The quantitative estimate of drug-likeness (QED) is 0.798. The lowest BCUT2D eigenvalue weighted by Gasteiger charge is -2.28. The minimum Gasteiger partial charge on any atom is -0.212 e. The molecule has 0 saturated carbocycles. The van der Waals surface area contributed by atoms with Gasteiger partial charge < -0.3 is 0 Å². The lowest BCUT2D eigenvalue weighted by Crippen LogP contribution is -2.39. The van der Waals surface area contributed by atoms with E-state index < -0.39 is 25.3 Å². The van der Waals surface area contributed by atoms with E-state index in [9.17, 15) is 16.8 Å². The van der Waals surface area contributed by atoms with Crippen molar-refractivity contribution in [2.45, 2.75) is 25.1 Å². The predicted octanol–water partition coefficient (Wildman–Crippen LogP) is 1.29. The van der Waals surface area contributed by atoms with E-state index >= 15 is 0 Å². The van der Waals surface area contributed by atoms with Gasteiger partial charge in [0.05, 0.1) is 17.5 Å². The molecule has 0 amide bonds. The lowest BCUT2D eigenvalue weighted by molar-refractivity contribution is 0.324. The van der Waals surface area contributed by atoms with E-state index in [0.29, 0.717) is 19.6 Å². The molecule has 2 aliphatic rings. The van der Waals surface area contributed by atoms with Crippen LogP contribution in [0.1, 0.15) is 25.5 Å². The van der Waals surface area contributed by atoms with Gasteiger partial charge in [0.15, 0.2) is 0 Å². The third-order valence-electron chi connectivity index (χ3n) is 5.11. The van der Waals surface area contributed by atoms with Crippen LogP contribution in [-0.2, 0) is 20.0 Å². The molecule has 3 rings (SSSR count). The molecule has 0 N–H and O–H groups in total. The fraction of sp³-hybridized carbons (Fsp3) is 0.625. The predicted molar refractivity (Wildman–Crippen MR) is 93.3 cm³/mol. The second kappa shape index (κ2) is 6.09. The summed E-state index contributed by atoms with van der Waals surface area (Å²) >= 11 is 0. The highest BCUT2D eigenvalue weighted by Gasteiger charge is 2.52. The van der Waals surface area contributed by atoms with Crippen LogP contribution in [-0.4, -0.2) is 56.6 Å². The van der Waals surface area contributed by atoms with Gasteiger partial charge in [0.1, 0.15) is 0 Å². The number of nitrogens with zero attached hydrogens (tertiary/aromatic N) is 2. The summed E-state index contributed by atoms with van der Waals surface area (Å²) in [4.78, 5) is 0. The van der Waals surface area contributed by atoms with Gasteiger partial charge >= 0.3 is 0 Å². The summed E-state index contributed by atoms with van der Waals surface area (Å²) < 4.78 is 52.5. The van der Waals surface area contributed by atoms with Gasteiger partial charge in [0.2, 0.25) is 20.0 Å². The molecule has 0 aromatic heterocycles. The first-order chi connectivity index (χ1) is 11.1. The Balaban J connectivity index is 1.95. The summed E-state index contributed by atoms with van der Waals surface area (Å²) in [5.74, 6) is 0.0362. The van der Waals surface area contributed by atoms with Crippen molar-refractivity contribution in [2.75, 3.05) is 25.9 Å². The van der Waals surface area contributed by atoms with Crippen molar-refractivity contribution in [1.82, 2.24) is 8.61 Å². The smallest absolute Gasteiger partial charge is 0.212 e. The molecule has 3 atom stereocenters. The van der Waals surface area contributed by atoms with Gasteiger partial charge in [-0.3, -0.25) is 0 Å². The number of sulfonamides is 2. The standard InChI is InChI=1S/C16H24N2O4S2/c1-12(2)24(21,22)17-9-14-10-18(23(3,19)20)16(15(14)11-17)13-7-5-4-6-8-13/h4-8,12,14-16H,9-11H2,1-3H3/t14-,15-,16+/m1/s1. The van der Waals surface area contributed by atoms with Gasteiger partial charge in [-0.25, -0.2) is 21.1 Å². The summed E-state index contributed by atoms with van der Waals surface area (Å²) in [5.41, 5.74) is 0.930. The zero-order chi connectivity index (χ0) is 17.7. The van der Waals surface area contributed by atoms with E-state index in [4.69, 9.17) is 0 Å². The summed E-state index contributed by atoms with van der Waals surface area (Å²) in [6.45, 7) is 4.53. The van der Waals surface area contributed by atoms with Crippen molar-refractivity contribution in [1.29, 1.82) is 0 Å². The van der Waals surface area contributed by atoms with Crippen LogP contribution in [0, 0.1) is 11.8 Å². The monoisotopic (exact) mass is 372 g/mol. The highest BCUT2D eigenvalue weighted by atomic mass is 32.2. The van der Waals surface area contributed by atoms with Gasteiger partial charge in [-0.1, -0.05) is 30.3 Å². The normalized spacial score (nSPS) is 29.2. The first-order valence-electron chi connectivity index (χ1n) is 8.13. The average molecular weight is 373 g/mol. The van der Waals surface area contributed by atoms with E-state index in [2.05, 4.69) is 0 Å². The number of fused-ring (bicyclic) bond motifs is 1. The topological polar surface area (TPSA) is 74.8 Å². The number of rotatable bonds is 4. The molecule has 0 bridgehead atoms. The van der Waals surface area contributed by atoms with Gasteiger partial charge in [-0.15, -0.1) is 0 Å². The molecule has 0 spiro atoms. The van der Waals surface area contributed by atoms with E-state index in [1.165, 1.54) is 10.6 Å². The molecule has 0 unspecified atom stereocenters. The van der Waals surface area contributed by atoms with Crippen molar-refractivity contribution in [3.8, 4) is 0 Å². The molecule has 2 fully saturated rings.